The highest BCUT2D eigenvalue weighted by atomic mass is 16.5. The van der Waals surface area contributed by atoms with E-state index in [2.05, 4.69) is 27.0 Å². The number of methoxy groups -OCH3 is 1. The molecule has 1 atom stereocenters. The monoisotopic (exact) mass is 351 g/mol. The lowest BCUT2D eigenvalue weighted by atomic mass is 10.2. The summed E-state index contributed by atoms with van der Waals surface area (Å²) in [5.41, 5.74) is 3.57. The summed E-state index contributed by atoms with van der Waals surface area (Å²) < 4.78 is 12.7. The molecule has 2 heterocycles. The highest BCUT2D eigenvalue weighted by molar-refractivity contribution is 5.93. The molecular weight excluding hydrogens is 330 g/mol. The topological polar surface area (TPSA) is 65.4 Å². The zero-order valence-corrected chi connectivity index (χ0v) is 14.6. The number of carbonyl (C=O) groups excluding carboxylic acids is 1. The fraction of sp³-hybridized carbons (Fsp3) is 0.300. The molecule has 26 heavy (non-hydrogen) atoms. The summed E-state index contributed by atoms with van der Waals surface area (Å²) in [7, 11) is 1.38. The van der Waals surface area contributed by atoms with Crippen LogP contribution >= 0.6 is 0 Å². The predicted octanol–water partition coefficient (Wildman–Crippen LogP) is 2.68. The molecule has 2 aromatic carbocycles. The summed E-state index contributed by atoms with van der Waals surface area (Å²) in [5, 5.41) is 3.50. The van der Waals surface area contributed by atoms with Gasteiger partial charge < -0.3 is 19.4 Å². The number of ether oxygens (including phenoxy) is 2. The van der Waals surface area contributed by atoms with Gasteiger partial charge in [0.25, 0.3) is 0 Å². The maximum absolute atomic E-state index is 11.7. The first-order valence-corrected chi connectivity index (χ1v) is 8.68. The van der Waals surface area contributed by atoms with Gasteiger partial charge in [-0.15, -0.1) is 0 Å². The molecule has 4 rings (SSSR count). The van der Waals surface area contributed by atoms with E-state index in [1.165, 1.54) is 12.7 Å². The van der Waals surface area contributed by atoms with Gasteiger partial charge in [-0.3, -0.25) is 0 Å². The number of aromatic nitrogens is 2. The number of fused-ring (bicyclic) bond motifs is 3. The third kappa shape index (κ3) is 3.21. The van der Waals surface area contributed by atoms with Crippen molar-refractivity contribution in [3.05, 3.63) is 65.5 Å². The average molecular weight is 351 g/mol. The number of benzene rings is 2. The van der Waals surface area contributed by atoms with Crippen LogP contribution in [0.25, 0.3) is 11.0 Å². The summed E-state index contributed by atoms with van der Waals surface area (Å²) in [6.07, 6.45) is 0. The minimum absolute atomic E-state index is 0.163. The van der Waals surface area contributed by atoms with E-state index in [-0.39, 0.29) is 12.0 Å². The molecule has 0 bridgehead atoms. The summed E-state index contributed by atoms with van der Waals surface area (Å²) in [6, 6.07) is 16.0. The van der Waals surface area contributed by atoms with Crippen molar-refractivity contribution < 1.29 is 14.3 Å². The van der Waals surface area contributed by atoms with Crippen LogP contribution in [0.2, 0.25) is 0 Å². The Kier molecular flexibility index (Phi) is 4.69. The average Bonchev–Trinajstić information content (AvgIpc) is 3.06. The molecule has 0 radical (unpaired) electrons. The Balaban J connectivity index is 1.55. The molecule has 1 aliphatic rings. The number of rotatable bonds is 5. The first-order valence-electron chi connectivity index (χ1n) is 8.68. The number of nitrogens with zero attached hydrogens (tertiary/aromatic N) is 2. The van der Waals surface area contributed by atoms with Gasteiger partial charge in [-0.1, -0.05) is 30.3 Å². The molecule has 0 saturated heterocycles. The Bertz CT molecular complexity index is 921. The van der Waals surface area contributed by atoms with Gasteiger partial charge in [0, 0.05) is 13.1 Å². The van der Waals surface area contributed by atoms with E-state index in [4.69, 9.17) is 9.47 Å². The second kappa shape index (κ2) is 7.27. The largest absolute Gasteiger partial charge is 0.465 e. The molecule has 6 nitrogen and oxygen atoms in total. The van der Waals surface area contributed by atoms with Gasteiger partial charge >= 0.3 is 5.97 Å². The van der Waals surface area contributed by atoms with Crippen molar-refractivity contribution in [2.45, 2.75) is 19.2 Å². The van der Waals surface area contributed by atoms with Crippen LogP contribution in [0, 0.1) is 0 Å². The van der Waals surface area contributed by atoms with Gasteiger partial charge in [0.05, 0.1) is 36.4 Å². The van der Waals surface area contributed by atoms with Crippen LogP contribution in [-0.2, 0) is 22.6 Å². The van der Waals surface area contributed by atoms with Gasteiger partial charge in [0.1, 0.15) is 12.4 Å². The number of hydrogen-bond acceptors (Lipinski definition) is 5. The van der Waals surface area contributed by atoms with Gasteiger partial charge in [-0.25, -0.2) is 9.78 Å². The molecular formula is C20H21N3O3. The van der Waals surface area contributed by atoms with Crippen molar-refractivity contribution in [2.75, 3.05) is 20.3 Å². The van der Waals surface area contributed by atoms with Crippen LogP contribution in [0.1, 0.15) is 27.8 Å². The lowest BCUT2D eigenvalue weighted by Crippen LogP contribution is -2.32. The van der Waals surface area contributed by atoms with E-state index in [0.29, 0.717) is 18.8 Å². The Morgan fingerprint density at radius 2 is 2.15 bits per heavy atom. The van der Waals surface area contributed by atoms with Crippen LogP contribution < -0.4 is 5.32 Å². The Morgan fingerprint density at radius 1 is 1.31 bits per heavy atom. The van der Waals surface area contributed by atoms with Crippen molar-refractivity contribution in [3.8, 4) is 0 Å². The normalized spacial score (nSPS) is 16.4. The molecule has 1 N–H and O–H groups in total. The quantitative estimate of drug-likeness (QED) is 0.716. The Hall–Kier alpha value is -2.70. The van der Waals surface area contributed by atoms with E-state index in [1.54, 1.807) is 12.1 Å². The second-order valence-electron chi connectivity index (χ2n) is 6.38. The fourth-order valence-corrected chi connectivity index (χ4v) is 3.39. The molecule has 3 aromatic rings. The van der Waals surface area contributed by atoms with Crippen molar-refractivity contribution >= 4 is 17.0 Å². The Morgan fingerprint density at radius 3 is 2.96 bits per heavy atom. The molecule has 134 valence electrons. The van der Waals surface area contributed by atoms with Crippen LogP contribution in [0.4, 0.5) is 0 Å². The van der Waals surface area contributed by atoms with Crippen LogP contribution in [0.15, 0.2) is 48.5 Å². The summed E-state index contributed by atoms with van der Waals surface area (Å²) in [4.78, 5) is 16.4. The van der Waals surface area contributed by atoms with Crippen LogP contribution in [0.3, 0.4) is 0 Å². The maximum atomic E-state index is 11.7. The molecule has 0 fully saturated rings. The maximum Gasteiger partial charge on any atom is 0.337 e. The molecule has 6 heteroatoms. The molecule has 0 spiro atoms. The second-order valence-corrected chi connectivity index (χ2v) is 6.38. The third-order valence-electron chi connectivity index (χ3n) is 4.64. The number of nitrogens with one attached hydrogen (secondary N) is 1. The minimum atomic E-state index is -0.352. The highest BCUT2D eigenvalue weighted by Crippen LogP contribution is 2.26. The fourth-order valence-electron chi connectivity index (χ4n) is 3.39. The van der Waals surface area contributed by atoms with Gasteiger partial charge in [0.15, 0.2) is 0 Å². The third-order valence-corrected chi connectivity index (χ3v) is 4.64. The van der Waals surface area contributed by atoms with E-state index >= 15 is 0 Å². The lowest BCUT2D eigenvalue weighted by Gasteiger charge is -2.26. The van der Waals surface area contributed by atoms with E-state index in [9.17, 15) is 4.79 Å². The molecule has 1 aliphatic heterocycles. The summed E-state index contributed by atoms with van der Waals surface area (Å²) in [5.74, 6) is 0.537. The van der Waals surface area contributed by atoms with Crippen LogP contribution in [0.5, 0.6) is 0 Å². The SMILES string of the molecule is COC(=O)c1ccc2c(c1)nc1n2[C@@H](CNCc2ccccc2)COC1. The standard InChI is InChI=1S/C20H21N3O3/c1-25-20(24)15-7-8-18-17(9-15)22-19-13-26-12-16(23(18)19)11-21-10-14-5-3-2-4-6-14/h2-9,16,21H,10-13H2,1H3/t16-/m0/s1. The summed E-state index contributed by atoms with van der Waals surface area (Å²) in [6.45, 7) is 2.72. The van der Waals surface area contributed by atoms with E-state index in [1.807, 2.05) is 24.3 Å². The zero-order chi connectivity index (χ0) is 17.9. The molecule has 0 aliphatic carbocycles. The molecule has 1 aromatic heterocycles. The van der Waals surface area contributed by atoms with Crippen molar-refractivity contribution in [1.29, 1.82) is 0 Å². The number of esters is 1. The first kappa shape index (κ1) is 16.8. The van der Waals surface area contributed by atoms with Crippen molar-refractivity contribution in [2.24, 2.45) is 0 Å². The highest BCUT2D eigenvalue weighted by Gasteiger charge is 2.24. The smallest absolute Gasteiger partial charge is 0.337 e. The summed E-state index contributed by atoms with van der Waals surface area (Å²) >= 11 is 0. The van der Waals surface area contributed by atoms with Gasteiger partial charge in [-0.2, -0.15) is 0 Å². The minimum Gasteiger partial charge on any atom is -0.465 e. The van der Waals surface area contributed by atoms with Crippen molar-refractivity contribution in [1.82, 2.24) is 14.9 Å². The van der Waals surface area contributed by atoms with Crippen LogP contribution in [-0.4, -0.2) is 35.8 Å². The molecule has 0 amide bonds. The van der Waals surface area contributed by atoms with E-state index in [0.717, 1.165) is 29.9 Å². The zero-order valence-electron chi connectivity index (χ0n) is 14.6. The van der Waals surface area contributed by atoms with Crippen molar-refractivity contribution in [3.63, 3.8) is 0 Å². The predicted molar refractivity (Wildman–Crippen MR) is 97.9 cm³/mol. The number of hydrogen-bond donors (Lipinski definition) is 1. The molecule has 0 saturated carbocycles. The number of carbonyl (C=O) groups is 1. The number of imidazole rings is 1. The lowest BCUT2D eigenvalue weighted by molar-refractivity contribution is 0.0564. The van der Waals surface area contributed by atoms with E-state index < -0.39 is 0 Å². The first-order chi connectivity index (χ1) is 12.8. The van der Waals surface area contributed by atoms with Gasteiger partial charge in [-0.05, 0) is 23.8 Å². The Labute approximate surface area is 151 Å². The molecule has 0 unspecified atom stereocenters. The van der Waals surface area contributed by atoms with Gasteiger partial charge in [0.2, 0.25) is 0 Å².